The molecule has 1 fully saturated rings. The molecule has 1 amide bonds. The van der Waals surface area contributed by atoms with Gasteiger partial charge in [0.15, 0.2) is 5.16 Å². The van der Waals surface area contributed by atoms with E-state index >= 15 is 0 Å². The van der Waals surface area contributed by atoms with Gasteiger partial charge in [0.1, 0.15) is 0 Å². The monoisotopic (exact) mass is 471 g/mol. The first kappa shape index (κ1) is 22.9. The van der Waals surface area contributed by atoms with Gasteiger partial charge in [-0.2, -0.15) is 0 Å². The van der Waals surface area contributed by atoms with E-state index in [0.717, 1.165) is 31.2 Å². The number of amides is 1. The molecule has 2 aromatic carbocycles. The van der Waals surface area contributed by atoms with Gasteiger partial charge >= 0.3 is 0 Å². The number of carbonyl (C=O) groups excluding carboxylic acids is 1. The Hall–Kier alpha value is -2.32. The van der Waals surface area contributed by atoms with Crippen LogP contribution in [0.25, 0.3) is 11.0 Å². The molecule has 170 valence electrons. The number of rotatable bonds is 6. The van der Waals surface area contributed by atoms with Crippen LogP contribution in [0.5, 0.6) is 0 Å². The molecule has 0 bridgehead atoms. The van der Waals surface area contributed by atoms with Crippen molar-refractivity contribution in [3.8, 4) is 0 Å². The number of aryl methyl sites for hydroxylation is 3. The van der Waals surface area contributed by atoms with E-state index in [9.17, 15) is 13.2 Å². The van der Waals surface area contributed by atoms with Gasteiger partial charge in [0, 0.05) is 6.04 Å². The summed E-state index contributed by atoms with van der Waals surface area (Å²) in [7, 11) is -3.90. The third-order valence-corrected chi connectivity index (χ3v) is 8.96. The van der Waals surface area contributed by atoms with Crippen LogP contribution in [0.4, 0.5) is 0 Å². The minimum absolute atomic E-state index is 0.0828. The number of thioether (sulfide) groups is 1. The lowest BCUT2D eigenvalue weighted by Crippen LogP contribution is -2.37. The third-order valence-electron chi connectivity index (χ3n) is 5.90. The van der Waals surface area contributed by atoms with Crippen LogP contribution >= 0.6 is 11.8 Å². The zero-order chi connectivity index (χ0) is 22.9. The van der Waals surface area contributed by atoms with E-state index in [-0.39, 0.29) is 17.7 Å². The highest BCUT2D eigenvalue weighted by Gasteiger charge is 2.28. The van der Waals surface area contributed by atoms with Crippen LogP contribution in [0.3, 0.4) is 0 Å². The SMILES string of the molecule is Cc1cc(C)c(S(=O)(=O)n2c(SCC(=O)NC3CCCCC3)nc3ccccc32)c(C)c1. The molecule has 0 unspecified atom stereocenters. The minimum atomic E-state index is -3.90. The number of hydrogen-bond acceptors (Lipinski definition) is 5. The lowest BCUT2D eigenvalue weighted by molar-refractivity contribution is -0.119. The van der Waals surface area contributed by atoms with Crippen molar-refractivity contribution in [1.29, 1.82) is 0 Å². The molecule has 8 heteroatoms. The molecule has 3 aromatic rings. The van der Waals surface area contributed by atoms with Crippen molar-refractivity contribution in [3.05, 3.63) is 53.1 Å². The van der Waals surface area contributed by atoms with Gasteiger partial charge in [-0.1, -0.05) is 60.9 Å². The van der Waals surface area contributed by atoms with Crippen molar-refractivity contribution in [2.24, 2.45) is 0 Å². The van der Waals surface area contributed by atoms with Crippen LogP contribution in [0, 0.1) is 20.8 Å². The molecule has 0 radical (unpaired) electrons. The fourth-order valence-electron chi connectivity index (χ4n) is 4.62. The second-order valence-corrected chi connectivity index (χ2v) is 11.2. The van der Waals surface area contributed by atoms with E-state index in [2.05, 4.69) is 10.3 Å². The van der Waals surface area contributed by atoms with Gasteiger partial charge in [-0.3, -0.25) is 4.79 Å². The normalized spacial score (nSPS) is 15.2. The molecule has 0 aliphatic heterocycles. The van der Waals surface area contributed by atoms with Crippen molar-refractivity contribution in [1.82, 2.24) is 14.3 Å². The fourth-order valence-corrected chi connectivity index (χ4v) is 7.56. The molecule has 1 saturated carbocycles. The Kier molecular flexibility index (Phi) is 6.62. The maximum absolute atomic E-state index is 13.9. The molecule has 4 rings (SSSR count). The van der Waals surface area contributed by atoms with Crippen molar-refractivity contribution >= 4 is 38.7 Å². The molecule has 32 heavy (non-hydrogen) atoms. The summed E-state index contributed by atoms with van der Waals surface area (Å²) in [5.74, 6) is 0.0434. The quantitative estimate of drug-likeness (QED) is 0.525. The van der Waals surface area contributed by atoms with Crippen LogP contribution in [-0.2, 0) is 14.8 Å². The van der Waals surface area contributed by atoms with Gasteiger partial charge in [0.2, 0.25) is 5.91 Å². The zero-order valence-corrected chi connectivity index (χ0v) is 20.4. The Bertz CT molecular complexity index is 1240. The second kappa shape index (κ2) is 9.27. The molecular weight excluding hydrogens is 442 g/mol. The van der Waals surface area contributed by atoms with Gasteiger partial charge in [0.05, 0.1) is 21.7 Å². The van der Waals surface area contributed by atoms with E-state index in [1.807, 2.05) is 39.0 Å². The minimum Gasteiger partial charge on any atom is -0.353 e. The number of aromatic nitrogens is 2. The zero-order valence-electron chi connectivity index (χ0n) is 18.7. The Morgan fingerprint density at radius 1 is 1.09 bits per heavy atom. The number of carbonyl (C=O) groups is 1. The Morgan fingerprint density at radius 2 is 1.75 bits per heavy atom. The number of fused-ring (bicyclic) bond motifs is 1. The van der Waals surface area contributed by atoms with E-state index in [1.165, 1.54) is 22.2 Å². The third kappa shape index (κ3) is 4.57. The molecule has 1 N–H and O–H groups in total. The van der Waals surface area contributed by atoms with E-state index < -0.39 is 10.0 Å². The first-order valence-corrected chi connectivity index (χ1v) is 13.4. The molecule has 1 heterocycles. The van der Waals surface area contributed by atoms with Crippen molar-refractivity contribution in [2.45, 2.75) is 69.0 Å². The van der Waals surface area contributed by atoms with Crippen LogP contribution in [-0.4, -0.2) is 35.1 Å². The second-order valence-electron chi connectivity index (χ2n) is 8.57. The number of nitrogens with zero attached hydrogens (tertiary/aromatic N) is 2. The summed E-state index contributed by atoms with van der Waals surface area (Å²) in [6.07, 6.45) is 5.52. The molecule has 0 atom stereocenters. The van der Waals surface area contributed by atoms with Crippen molar-refractivity contribution < 1.29 is 13.2 Å². The van der Waals surface area contributed by atoms with E-state index in [0.29, 0.717) is 32.2 Å². The summed E-state index contributed by atoms with van der Waals surface area (Å²) in [5.41, 5.74) is 3.52. The van der Waals surface area contributed by atoms with Crippen LogP contribution in [0.1, 0.15) is 48.8 Å². The summed E-state index contributed by atoms with van der Waals surface area (Å²) in [6.45, 7) is 5.59. The van der Waals surface area contributed by atoms with Crippen LogP contribution in [0.15, 0.2) is 46.5 Å². The fraction of sp³-hybridized carbons (Fsp3) is 0.417. The molecule has 0 saturated heterocycles. The van der Waals surface area contributed by atoms with Gasteiger partial charge in [0.25, 0.3) is 10.0 Å². The lowest BCUT2D eigenvalue weighted by Gasteiger charge is -2.22. The predicted octanol–water partition coefficient (Wildman–Crippen LogP) is 4.74. The van der Waals surface area contributed by atoms with Gasteiger partial charge in [-0.15, -0.1) is 0 Å². The van der Waals surface area contributed by atoms with Gasteiger partial charge in [-0.25, -0.2) is 17.4 Å². The highest BCUT2D eigenvalue weighted by molar-refractivity contribution is 8.00. The van der Waals surface area contributed by atoms with Crippen molar-refractivity contribution in [2.75, 3.05) is 5.75 Å². The molecule has 1 aromatic heterocycles. The lowest BCUT2D eigenvalue weighted by atomic mass is 9.95. The number of benzene rings is 2. The first-order chi connectivity index (χ1) is 15.3. The molecule has 1 aliphatic rings. The smallest absolute Gasteiger partial charge is 0.270 e. The number of nitrogens with one attached hydrogen (secondary N) is 1. The highest BCUT2D eigenvalue weighted by Crippen LogP contribution is 2.32. The van der Waals surface area contributed by atoms with E-state index in [1.54, 1.807) is 18.2 Å². The summed E-state index contributed by atoms with van der Waals surface area (Å²) in [5, 5.41) is 3.40. The number of para-hydroxylation sites is 2. The maximum Gasteiger partial charge on any atom is 0.270 e. The molecule has 6 nitrogen and oxygen atoms in total. The summed E-state index contributed by atoms with van der Waals surface area (Å²) >= 11 is 1.17. The van der Waals surface area contributed by atoms with Gasteiger partial charge in [-0.05, 0) is 56.9 Å². The predicted molar refractivity (Wildman–Crippen MR) is 129 cm³/mol. The maximum atomic E-state index is 13.9. The Morgan fingerprint density at radius 3 is 2.44 bits per heavy atom. The summed E-state index contributed by atoms with van der Waals surface area (Å²) in [4.78, 5) is 17.4. The van der Waals surface area contributed by atoms with Gasteiger partial charge < -0.3 is 5.32 Å². The van der Waals surface area contributed by atoms with Crippen LogP contribution < -0.4 is 5.32 Å². The average molecular weight is 472 g/mol. The number of hydrogen-bond donors (Lipinski definition) is 1. The summed E-state index contributed by atoms with van der Waals surface area (Å²) < 4.78 is 29.0. The van der Waals surface area contributed by atoms with E-state index in [4.69, 9.17) is 0 Å². The Balaban J connectivity index is 1.69. The molecule has 0 spiro atoms. The average Bonchev–Trinajstić information content (AvgIpc) is 3.11. The largest absolute Gasteiger partial charge is 0.353 e. The van der Waals surface area contributed by atoms with Crippen molar-refractivity contribution in [3.63, 3.8) is 0 Å². The standard InChI is InChI=1S/C24H29N3O3S2/c1-16-13-17(2)23(18(3)14-16)32(29,30)27-21-12-8-7-11-20(21)26-24(27)31-15-22(28)25-19-9-5-4-6-10-19/h7-8,11-14,19H,4-6,9-10,15H2,1-3H3,(H,25,28). The molecule has 1 aliphatic carbocycles. The summed E-state index contributed by atoms with van der Waals surface area (Å²) in [6, 6.07) is 11.2. The highest BCUT2D eigenvalue weighted by atomic mass is 32.2. The Labute approximate surface area is 193 Å². The molecular formula is C24H29N3O3S2. The van der Waals surface area contributed by atoms with Crippen LogP contribution in [0.2, 0.25) is 0 Å². The number of imidazole rings is 1. The topological polar surface area (TPSA) is 81.1 Å². The first-order valence-electron chi connectivity index (χ1n) is 11.0.